The van der Waals surface area contributed by atoms with Crippen LogP contribution in [-0.2, 0) is 0 Å². The maximum Gasteiger partial charge on any atom is 0.255 e. The molecule has 1 N–H and O–H groups in total. The Morgan fingerprint density at radius 3 is 2.42 bits per heavy atom. The van der Waals surface area contributed by atoms with Crippen LogP contribution in [-0.4, -0.2) is 24.1 Å². The van der Waals surface area contributed by atoms with Gasteiger partial charge in [-0.2, -0.15) is 0 Å². The quantitative estimate of drug-likeness (QED) is 0.647. The normalized spacial score (nSPS) is 10.4. The number of hydrogen-bond acceptors (Lipinski definition) is 5. The van der Waals surface area contributed by atoms with Crippen molar-refractivity contribution in [1.29, 1.82) is 0 Å². The molecule has 3 aromatic rings. The van der Waals surface area contributed by atoms with E-state index < -0.39 is 0 Å². The summed E-state index contributed by atoms with van der Waals surface area (Å²) in [5.41, 5.74) is 2.26. The molecule has 3 rings (SSSR count). The van der Waals surface area contributed by atoms with E-state index in [2.05, 4.69) is 10.3 Å². The molecule has 0 aliphatic carbocycles. The fourth-order valence-electron chi connectivity index (χ4n) is 2.46. The highest BCUT2D eigenvalue weighted by Crippen LogP contribution is 2.29. The first kappa shape index (κ1) is 17.9. The average Bonchev–Trinajstić information content (AvgIpc) is 3.19. The Kier molecular flexibility index (Phi) is 5.86. The van der Waals surface area contributed by atoms with Gasteiger partial charge in [-0.15, -0.1) is 11.3 Å². The summed E-state index contributed by atoms with van der Waals surface area (Å²) in [7, 11) is 0. The van der Waals surface area contributed by atoms with Gasteiger partial charge in [0.05, 0.1) is 13.2 Å². The number of hydrogen-bond donors (Lipinski definition) is 1. The van der Waals surface area contributed by atoms with Crippen molar-refractivity contribution >= 4 is 22.9 Å². The molecule has 0 fully saturated rings. The summed E-state index contributed by atoms with van der Waals surface area (Å²) < 4.78 is 11.1. The van der Waals surface area contributed by atoms with Gasteiger partial charge in [0.25, 0.3) is 5.91 Å². The number of rotatable bonds is 7. The van der Waals surface area contributed by atoms with Crippen molar-refractivity contribution < 1.29 is 14.3 Å². The van der Waals surface area contributed by atoms with Crippen molar-refractivity contribution in [2.24, 2.45) is 0 Å². The molecule has 2 aromatic carbocycles. The first-order valence-electron chi connectivity index (χ1n) is 8.42. The molecule has 0 atom stereocenters. The van der Waals surface area contributed by atoms with Crippen LogP contribution < -0.4 is 14.8 Å². The van der Waals surface area contributed by atoms with Gasteiger partial charge in [0, 0.05) is 28.4 Å². The van der Waals surface area contributed by atoms with Crippen LogP contribution in [0.25, 0.3) is 10.6 Å². The molecule has 0 spiro atoms. The van der Waals surface area contributed by atoms with E-state index in [0.29, 0.717) is 30.3 Å². The van der Waals surface area contributed by atoms with Crippen molar-refractivity contribution in [3.63, 3.8) is 0 Å². The fourth-order valence-corrected chi connectivity index (χ4v) is 3.10. The van der Waals surface area contributed by atoms with Crippen LogP contribution in [0.1, 0.15) is 24.2 Å². The number of aromatic nitrogens is 1. The predicted octanol–water partition coefficient (Wildman–Crippen LogP) is 4.86. The van der Waals surface area contributed by atoms with Crippen molar-refractivity contribution in [2.45, 2.75) is 13.8 Å². The minimum absolute atomic E-state index is 0.198. The Hall–Kier alpha value is -2.86. The largest absolute Gasteiger partial charge is 0.490 e. The standard InChI is InChI=1S/C20H20N2O3S/c1-3-24-17-10-7-15(13-18(17)25-4-2)19(23)22-16-8-5-14(6-9-16)20-21-11-12-26-20/h5-13H,3-4H2,1-2H3,(H,22,23). The zero-order valence-electron chi connectivity index (χ0n) is 14.7. The molecule has 0 saturated carbocycles. The minimum atomic E-state index is -0.198. The minimum Gasteiger partial charge on any atom is -0.490 e. The van der Waals surface area contributed by atoms with Crippen LogP contribution in [0.15, 0.2) is 54.0 Å². The lowest BCUT2D eigenvalue weighted by atomic mass is 10.1. The first-order chi connectivity index (χ1) is 12.7. The second-order valence-corrected chi connectivity index (χ2v) is 6.29. The van der Waals surface area contributed by atoms with Gasteiger partial charge in [0.15, 0.2) is 11.5 Å². The van der Waals surface area contributed by atoms with E-state index in [1.165, 1.54) is 0 Å². The molecular weight excluding hydrogens is 348 g/mol. The SMILES string of the molecule is CCOc1ccc(C(=O)Nc2ccc(-c3nccs3)cc2)cc1OCC. The molecule has 26 heavy (non-hydrogen) atoms. The molecule has 0 radical (unpaired) electrons. The third-order valence-electron chi connectivity index (χ3n) is 3.63. The van der Waals surface area contributed by atoms with E-state index in [-0.39, 0.29) is 5.91 Å². The number of thiazole rings is 1. The van der Waals surface area contributed by atoms with Crippen LogP contribution in [0.3, 0.4) is 0 Å². The summed E-state index contributed by atoms with van der Waals surface area (Å²) in [6.45, 7) is 4.85. The summed E-state index contributed by atoms with van der Waals surface area (Å²) in [6.07, 6.45) is 1.78. The van der Waals surface area contributed by atoms with E-state index >= 15 is 0 Å². The molecule has 0 bridgehead atoms. The van der Waals surface area contributed by atoms with E-state index in [1.54, 1.807) is 35.7 Å². The van der Waals surface area contributed by atoms with Crippen molar-refractivity contribution in [1.82, 2.24) is 4.98 Å². The number of nitrogens with one attached hydrogen (secondary N) is 1. The summed E-state index contributed by atoms with van der Waals surface area (Å²) in [5, 5.41) is 5.79. The Labute approximate surface area is 156 Å². The summed E-state index contributed by atoms with van der Waals surface area (Å²) in [4.78, 5) is 16.8. The van der Waals surface area contributed by atoms with Crippen LogP contribution >= 0.6 is 11.3 Å². The Balaban J connectivity index is 1.74. The van der Waals surface area contributed by atoms with Crippen molar-refractivity contribution in [3.8, 4) is 22.1 Å². The Morgan fingerprint density at radius 2 is 1.77 bits per heavy atom. The first-order valence-corrected chi connectivity index (χ1v) is 9.30. The number of benzene rings is 2. The molecule has 5 nitrogen and oxygen atoms in total. The van der Waals surface area contributed by atoms with Gasteiger partial charge in [-0.25, -0.2) is 4.98 Å². The maximum atomic E-state index is 12.5. The van der Waals surface area contributed by atoms with Gasteiger partial charge >= 0.3 is 0 Å². The summed E-state index contributed by atoms with van der Waals surface area (Å²) in [6, 6.07) is 12.8. The van der Waals surface area contributed by atoms with Crippen molar-refractivity contribution in [3.05, 3.63) is 59.6 Å². The Morgan fingerprint density at radius 1 is 1.04 bits per heavy atom. The molecule has 134 valence electrons. The number of nitrogens with zero attached hydrogens (tertiary/aromatic N) is 1. The molecular formula is C20H20N2O3S. The molecule has 0 saturated heterocycles. The number of anilines is 1. The van der Waals surface area contributed by atoms with Gasteiger partial charge in [0.1, 0.15) is 5.01 Å². The summed E-state index contributed by atoms with van der Waals surface area (Å²) in [5.74, 6) is 1.01. The highest BCUT2D eigenvalue weighted by atomic mass is 32.1. The number of amides is 1. The lowest BCUT2D eigenvalue weighted by Gasteiger charge is -2.12. The van der Waals surface area contributed by atoms with E-state index in [0.717, 1.165) is 16.3 Å². The maximum absolute atomic E-state index is 12.5. The molecule has 1 heterocycles. The van der Waals surface area contributed by atoms with E-state index in [1.807, 2.05) is 43.5 Å². The van der Waals surface area contributed by atoms with Crippen LogP contribution in [0.5, 0.6) is 11.5 Å². The lowest BCUT2D eigenvalue weighted by Crippen LogP contribution is -2.12. The second kappa shape index (κ2) is 8.49. The number of carbonyl (C=O) groups is 1. The third-order valence-corrected chi connectivity index (χ3v) is 4.45. The number of ether oxygens (including phenoxy) is 2. The van der Waals surface area contributed by atoms with E-state index in [4.69, 9.17) is 9.47 Å². The van der Waals surface area contributed by atoms with Gasteiger partial charge in [0.2, 0.25) is 0 Å². The molecule has 6 heteroatoms. The van der Waals surface area contributed by atoms with Gasteiger partial charge in [-0.1, -0.05) is 0 Å². The lowest BCUT2D eigenvalue weighted by molar-refractivity contribution is 0.102. The topological polar surface area (TPSA) is 60.5 Å². The van der Waals surface area contributed by atoms with Crippen LogP contribution in [0.2, 0.25) is 0 Å². The molecule has 0 aliphatic rings. The van der Waals surface area contributed by atoms with Gasteiger partial charge in [-0.05, 0) is 56.3 Å². The second-order valence-electron chi connectivity index (χ2n) is 5.40. The molecule has 1 amide bonds. The van der Waals surface area contributed by atoms with Gasteiger partial charge in [-0.3, -0.25) is 4.79 Å². The molecule has 0 unspecified atom stereocenters. The zero-order valence-corrected chi connectivity index (χ0v) is 15.5. The summed E-state index contributed by atoms with van der Waals surface area (Å²) >= 11 is 1.58. The smallest absolute Gasteiger partial charge is 0.255 e. The monoisotopic (exact) mass is 368 g/mol. The fraction of sp³-hybridized carbons (Fsp3) is 0.200. The molecule has 1 aromatic heterocycles. The highest BCUT2D eigenvalue weighted by molar-refractivity contribution is 7.13. The van der Waals surface area contributed by atoms with Crippen LogP contribution in [0, 0.1) is 0 Å². The zero-order chi connectivity index (χ0) is 18.4. The van der Waals surface area contributed by atoms with E-state index in [9.17, 15) is 4.79 Å². The van der Waals surface area contributed by atoms with Gasteiger partial charge < -0.3 is 14.8 Å². The highest BCUT2D eigenvalue weighted by Gasteiger charge is 2.12. The predicted molar refractivity (Wildman–Crippen MR) is 104 cm³/mol. The average molecular weight is 368 g/mol. The van der Waals surface area contributed by atoms with Crippen molar-refractivity contribution in [2.75, 3.05) is 18.5 Å². The third kappa shape index (κ3) is 4.21. The number of carbonyl (C=O) groups excluding carboxylic acids is 1. The Bertz CT molecular complexity index is 861. The molecule has 0 aliphatic heterocycles. The van der Waals surface area contributed by atoms with Crippen LogP contribution in [0.4, 0.5) is 5.69 Å².